The van der Waals surface area contributed by atoms with Crippen LogP contribution < -0.4 is 5.32 Å². The molecular weight excluding hydrogens is 267 g/mol. The largest absolute Gasteiger partial charge is 0.380 e. The summed E-state index contributed by atoms with van der Waals surface area (Å²) in [6.45, 7) is 0.442. The lowest BCUT2D eigenvalue weighted by Gasteiger charge is -2.06. The van der Waals surface area contributed by atoms with Crippen molar-refractivity contribution < 1.29 is 12.8 Å². The van der Waals surface area contributed by atoms with Gasteiger partial charge in [0.05, 0.1) is 11.9 Å². The van der Waals surface area contributed by atoms with Crippen molar-refractivity contribution in [2.45, 2.75) is 11.6 Å². The zero-order valence-electron chi connectivity index (χ0n) is 10.3. The first-order chi connectivity index (χ1) is 8.95. The van der Waals surface area contributed by atoms with Gasteiger partial charge in [0, 0.05) is 12.8 Å². The maximum atomic E-state index is 13.0. The number of hydrogen-bond acceptors (Lipinski definition) is 4. The maximum absolute atomic E-state index is 13.0. The van der Waals surface area contributed by atoms with Gasteiger partial charge in [-0.1, -0.05) is 12.1 Å². The van der Waals surface area contributed by atoms with Gasteiger partial charge in [0.25, 0.3) is 0 Å². The highest BCUT2D eigenvalue weighted by Gasteiger charge is 2.07. The summed E-state index contributed by atoms with van der Waals surface area (Å²) in [7, 11) is -3.28. The van der Waals surface area contributed by atoms with Gasteiger partial charge in [-0.15, -0.1) is 0 Å². The Balaban J connectivity index is 2.05. The molecule has 19 heavy (non-hydrogen) atoms. The molecule has 0 spiro atoms. The maximum Gasteiger partial charge on any atom is 0.192 e. The third-order valence-electron chi connectivity index (χ3n) is 2.50. The van der Waals surface area contributed by atoms with Crippen LogP contribution in [0.5, 0.6) is 0 Å². The minimum absolute atomic E-state index is 0.0313. The van der Waals surface area contributed by atoms with Crippen LogP contribution in [0, 0.1) is 5.82 Å². The van der Waals surface area contributed by atoms with Crippen molar-refractivity contribution >= 4 is 15.5 Å². The highest BCUT2D eigenvalue weighted by atomic mass is 32.2. The van der Waals surface area contributed by atoms with E-state index < -0.39 is 9.84 Å². The number of nitrogens with one attached hydrogen (secondary N) is 1. The first-order valence-electron chi connectivity index (χ1n) is 5.59. The van der Waals surface area contributed by atoms with Gasteiger partial charge in [0.15, 0.2) is 14.9 Å². The molecule has 1 N–H and O–H groups in total. The fraction of sp³-hybridized carbons (Fsp3) is 0.154. The normalized spacial score (nSPS) is 11.3. The Bertz CT molecular complexity index is 669. The highest BCUT2D eigenvalue weighted by Crippen LogP contribution is 2.12. The lowest BCUT2D eigenvalue weighted by atomic mass is 10.2. The number of hydrogen-bond donors (Lipinski definition) is 1. The summed E-state index contributed by atoms with van der Waals surface area (Å²) in [6.07, 6.45) is 2.55. The zero-order chi connectivity index (χ0) is 13.9. The molecule has 1 aromatic heterocycles. The summed E-state index contributed by atoms with van der Waals surface area (Å²) >= 11 is 0. The van der Waals surface area contributed by atoms with Crippen molar-refractivity contribution in [2.75, 3.05) is 11.6 Å². The lowest BCUT2D eigenvalue weighted by molar-refractivity contribution is 0.598. The number of anilines is 1. The average molecular weight is 280 g/mol. The Kier molecular flexibility index (Phi) is 3.80. The smallest absolute Gasteiger partial charge is 0.192 e. The molecule has 0 fully saturated rings. The number of pyridine rings is 1. The molecule has 0 atom stereocenters. The van der Waals surface area contributed by atoms with Crippen molar-refractivity contribution in [1.29, 1.82) is 0 Å². The molecule has 6 heteroatoms. The second-order valence-corrected chi connectivity index (χ2v) is 6.10. The molecule has 0 bridgehead atoms. The molecule has 0 amide bonds. The third kappa shape index (κ3) is 3.75. The molecular formula is C13H13FN2O2S. The van der Waals surface area contributed by atoms with Gasteiger partial charge in [0.2, 0.25) is 0 Å². The molecule has 0 saturated carbocycles. The van der Waals surface area contributed by atoms with E-state index in [2.05, 4.69) is 10.3 Å². The summed E-state index contributed by atoms with van der Waals surface area (Å²) in [4.78, 5) is 3.86. The van der Waals surface area contributed by atoms with Gasteiger partial charge in [-0.2, -0.15) is 0 Å². The topological polar surface area (TPSA) is 59.1 Å². The summed E-state index contributed by atoms with van der Waals surface area (Å²) in [5, 5.41) is 3.07. The van der Waals surface area contributed by atoms with Crippen molar-refractivity contribution in [1.82, 2.24) is 4.98 Å². The van der Waals surface area contributed by atoms with Crippen molar-refractivity contribution in [2.24, 2.45) is 0 Å². The highest BCUT2D eigenvalue weighted by molar-refractivity contribution is 7.90. The molecule has 100 valence electrons. The van der Waals surface area contributed by atoms with Crippen LogP contribution >= 0.6 is 0 Å². The number of rotatable bonds is 4. The van der Waals surface area contributed by atoms with Crippen LogP contribution in [0.3, 0.4) is 0 Å². The van der Waals surface area contributed by atoms with Crippen LogP contribution in [0.2, 0.25) is 0 Å². The number of halogens is 1. The van der Waals surface area contributed by atoms with Gasteiger partial charge in [-0.3, -0.25) is 0 Å². The Morgan fingerprint density at radius 3 is 2.63 bits per heavy atom. The fourth-order valence-corrected chi connectivity index (χ4v) is 2.11. The summed E-state index contributed by atoms with van der Waals surface area (Å²) < 4.78 is 35.4. The lowest BCUT2D eigenvalue weighted by Crippen LogP contribution is -2.03. The van der Waals surface area contributed by atoms with Crippen LogP contribution in [0.1, 0.15) is 5.56 Å². The molecule has 1 aromatic carbocycles. The fourth-order valence-electron chi connectivity index (χ4n) is 1.56. The molecule has 0 aliphatic rings. The number of aromatic nitrogens is 1. The van der Waals surface area contributed by atoms with E-state index in [1.165, 1.54) is 24.4 Å². The van der Waals surface area contributed by atoms with Crippen LogP contribution in [0.4, 0.5) is 10.1 Å². The molecule has 0 unspecified atom stereocenters. The van der Waals surface area contributed by atoms with Crippen LogP contribution in [-0.2, 0) is 16.4 Å². The second-order valence-electron chi connectivity index (χ2n) is 4.14. The molecule has 2 rings (SSSR count). The number of nitrogens with zero attached hydrogens (tertiary/aromatic N) is 1. The van der Waals surface area contributed by atoms with Gasteiger partial charge in [-0.05, 0) is 29.8 Å². The minimum atomic E-state index is -3.28. The third-order valence-corrected chi connectivity index (χ3v) is 3.50. The second kappa shape index (κ2) is 5.36. The van der Waals surface area contributed by atoms with Crippen LogP contribution in [-0.4, -0.2) is 19.7 Å². The van der Waals surface area contributed by atoms with Gasteiger partial charge < -0.3 is 5.32 Å². The Hall–Kier alpha value is -1.95. The van der Waals surface area contributed by atoms with E-state index in [4.69, 9.17) is 0 Å². The average Bonchev–Trinajstić information content (AvgIpc) is 2.36. The molecule has 0 saturated heterocycles. The van der Waals surface area contributed by atoms with E-state index in [-0.39, 0.29) is 10.8 Å². The van der Waals surface area contributed by atoms with Crippen LogP contribution in [0.25, 0.3) is 0 Å². The Morgan fingerprint density at radius 2 is 2.05 bits per heavy atom. The van der Waals surface area contributed by atoms with E-state index in [0.717, 1.165) is 11.8 Å². The van der Waals surface area contributed by atoms with Crippen LogP contribution in [0.15, 0.2) is 47.6 Å². The Morgan fingerprint density at radius 1 is 1.26 bits per heavy atom. The molecule has 4 nitrogen and oxygen atoms in total. The summed E-state index contributed by atoms with van der Waals surface area (Å²) in [6, 6.07) is 9.31. The standard InChI is InChI=1S/C13H13FN2O2S/c1-19(17,18)13-6-5-12(9-16-13)15-8-10-3-2-4-11(14)7-10/h2-7,9,15H,8H2,1H3. The van der Waals surface area contributed by atoms with Gasteiger partial charge >= 0.3 is 0 Å². The van der Waals surface area contributed by atoms with E-state index in [1.54, 1.807) is 18.2 Å². The zero-order valence-corrected chi connectivity index (χ0v) is 11.1. The molecule has 1 heterocycles. The first-order valence-corrected chi connectivity index (χ1v) is 7.49. The predicted octanol–water partition coefficient (Wildman–Crippen LogP) is 2.24. The SMILES string of the molecule is CS(=O)(=O)c1ccc(NCc2cccc(F)c2)cn1. The molecule has 0 radical (unpaired) electrons. The number of sulfone groups is 1. The van der Waals surface area contributed by atoms with Crippen molar-refractivity contribution in [3.05, 3.63) is 54.0 Å². The van der Waals surface area contributed by atoms with E-state index in [9.17, 15) is 12.8 Å². The van der Waals surface area contributed by atoms with Gasteiger partial charge in [-0.25, -0.2) is 17.8 Å². The first kappa shape index (κ1) is 13.5. The molecule has 2 aromatic rings. The predicted molar refractivity (Wildman–Crippen MR) is 71.1 cm³/mol. The monoisotopic (exact) mass is 280 g/mol. The van der Waals surface area contributed by atoms with E-state index in [0.29, 0.717) is 12.2 Å². The summed E-state index contributed by atoms with van der Waals surface area (Å²) in [5.74, 6) is -0.287. The van der Waals surface area contributed by atoms with E-state index in [1.807, 2.05) is 0 Å². The van der Waals surface area contributed by atoms with Crippen molar-refractivity contribution in [3.8, 4) is 0 Å². The quantitative estimate of drug-likeness (QED) is 0.933. The number of benzene rings is 1. The Labute approximate surface area is 111 Å². The van der Waals surface area contributed by atoms with Crippen molar-refractivity contribution in [3.63, 3.8) is 0 Å². The summed E-state index contributed by atoms with van der Waals surface area (Å²) in [5.41, 5.74) is 1.48. The minimum Gasteiger partial charge on any atom is -0.380 e. The molecule has 0 aliphatic heterocycles. The van der Waals surface area contributed by atoms with E-state index >= 15 is 0 Å². The van der Waals surface area contributed by atoms with Gasteiger partial charge in [0.1, 0.15) is 5.82 Å². The molecule has 0 aliphatic carbocycles.